The van der Waals surface area contributed by atoms with Gasteiger partial charge in [-0.1, -0.05) is 25.3 Å². The first-order chi connectivity index (χ1) is 8.75. The largest absolute Gasteiger partial charge is 0.351 e. The van der Waals surface area contributed by atoms with E-state index in [0.29, 0.717) is 0 Å². The second kappa shape index (κ2) is 4.43. The van der Waals surface area contributed by atoms with Crippen molar-refractivity contribution in [3.05, 3.63) is 36.0 Å². The van der Waals surface area contributed by atoms with E-state index < -0.39 is 0 Å². The van der Waals surface area contributed by atoms with Crippen molar-refractivity contribution in [2.24, 2.45) is 12.8 Å². The predicted octanol–water partition coefficient (Wildman–Crippen LogP) is 3.34. The standard InChI is InChI=1S/C16H22N2/c1-18-10-7-13-11-14(5-6-15(13)18)16(12-17)8-3-2-4-9-16/h5-7,10-11H,2-4,8-9,12,17H2,1H3. The van der Waals surface area contributed by atoms with E-state index in [1.54, 1.807) is 0 Å². The normalized spacial score (nSPS) is 19.2. The van der Waals surface area contributed by atoms with Crippen molar-refractivity contribution in [3.63, 3.8) is 0 Å². The smallest absolute Gasteiger partial charge is 0.0477 e. The van der Waals surface area contributed by atoms with Gasteiger partial charge in [-0.25, -0.2) is 0 Å². The van der Waals surface area contributed by atoms with Crippen LogP contribution in [0.25, 0.3) is 10.9 Å². The number of benzene rings is 1. The van der Waals surface area contributed by atoms with Gasteiger partial charge in [0.25, 0.3) is 0 Å². The molecular weight excluding hydrogens is 220 g/mol. The molecule has 1 saturated carbocycles. The summed E-state index contributed by atoms with van der Waals surface area (Å²) in [5, 5.41) is 1.34. The molecule has 1 aliphatic rings. The van der Waals surface area contributed by atoms with E-state index in [4.69, 9.17) is 5.73 Å². The van der Waals surface area contributed by atoms with Crippen molar-refractivity contribution >= 4 is 10.9 Å². The summed E-state index contributed by atoms with van der Waals surface area (Å²) in [4.78, 5) is 0. The molecule has 2 nitrogen and oxygen atoms in total. The summed E-state index contributed by atoms with van der Waals surface area (Å²) < 4.78 is 2.18. The topological polar surface area (TPSA) is 30.9 Å². The molecule has 2 heteroatoms. The zero-order valence-electron chi connectivity index (χ0n) is 11.2. The molecular formula is C16H22N2. The zero-order chi connectivity index (χ0) is 12.6. The minimum atomic E-state index is 0.238. The molecule has 3 rings (SSSR count). The van der Waals surface area contributed by atoms with Crippen LogP contribution in [0.3, 0.4) is 0 Å². The number of fused-ring (bicyclic) bond motifs is 1. The van der Waals surface area contributed by atoms with Crippen LogP contribution in [-0.2, 0) is 12.5 Å². The molecule has 1 heterocycles. The summed E-state index contributed by atoms with van der Waals surface area (Å²) in [5.74, 6) is 0. The predicted molar refractivity (Wildman–Crippen MR) is 76.7 cm³/mol. The van der Waals surface area contributed by atoms with Crippen LogP contribution in [0.1, 0.15) is 37.7 Å². The monoisotopic (exact) mass is 242 g/mol. The maximum Gasteiger partial charge on any atom is 0.0477 e. The van der Waals surface area contributed by atoms with Gasteiger partial charge in [0, 0.05) is 30.7 Å². The fourth-order valence-electron chi connectivity index (χ4n) is 3.45. The highest BCUT2D eigenvalue weighted by atomic mass is 14.9. The Morgan fingerprint density at radius 3 is 2.67 bits per heavy atom. The zero-order valence-corrected chi connectivity index (χ0v) is 11.2. The third kappa shape index (κ3) is 1.76. The van der Waals surface area contributed by atoms with Gasteiger partial charge in [0.15, 0.2) is 0 Å². The summed E-state index contributed by atoms with van der Waals surface area (Å²) in [6.45, 7) is 0.783. The van der Waals surface area contributed by atoms with E-state index in [0.717, 1.165) is 6.54 Å². The summed E-state index contributed by atoms with van der Waals surface area (Å²) >= 11 is 0. The number of hydrogen-bond acceptors (Lipinski definition) is 1. The van der Waals surface area contributed by atoms with Crippen LogP contribution in [0.2, 0.25) is 0 Å². The van der Waals surface area contributed by atoms with Crippen molar-refractivity contribution in [2.75, 3.05) is 6.54 Å². The third-order valence-electron chi connectivity index (χ3n) is 4.70. The number of nitrogens with two attached hydrogens (primary N) is 1. The summed E-state index contributed by atoms with van der Waals surface area (Å²) in [7, 11) is 2.10. The molecule has 0 radical (unpaired) electrons. The Kier molecular flexibility index (Phi) is 2.90. The first kappa shape index (κ1) is 11.8. The Morgan fingerprint density at radius 2 is 1.94 bits per heavy atom. The van der Waals surface area contributed by atoms with Crippen molar-refractivity contribution in [1.29, 1.82) is 0 Å². The fourth-order valence-corrected chi connectivity index (χ4v) is 3.45. The molecule has 0 unspecified atom stereocenters. The quantitative estimate of drug-likeness (QED) is 0.860. The molecule has 2 aromatic rings. The van der Waals surface area contributed by atoms with Gasteiger partial charge in [-0.05, 0) is 42.0 Å². The number of hydrogen-bond donors (Lipinski definition) is 1. The van der Waals surface area contributed by atoms with E-state index in [1.165, 1.54) is 48.6 Å². The van der Waals surface area contributed by atoms with Crippen LogP contribution in [0.15, 0.2) is 30.5 Å². The minimum absolute atomic E-state index is 0.238. The molecule has 0 aliphatic heterocycles. The maximum atomic E-state index is 6.11. The van der Waals surface area contributed by atoms with Crippen LogP contribution in [0, 0.1) is 0 Å². The molecule has 2 N–H and O–H groups in total. The SMILES string of the molecule is Cn1ccc2cc(C3(CN)CCCCC3)ccc21. The van der Waals surface area contributed by atoms with E-state index in [1.807, 2.05) is 0 Å². The van der Waals surface area contributed by atoms with E-state index in [9.17, 15) is 0 Å². The van der Waals surface area contributed by atoms with Gasteiger partial charge in [0.1, 0.15) is 0 Å². The summed E-state index contributed by atoms with van der Waals surface area (Å²) in [6.07, 6.45) is 8.65. The van der Waals surface area contributed by atoms with E-state index in [2.05, 4.69) is 42.1 Å². The average molecular weight is 242 g/mol. The Labute approximate surface area is 109 Å². The number of aromatic nitrogens is 1. The molecule has 96 valence electrons. The molecule has 1 aromatic carbocycles. The van der Waals surface area contributed by atoms with Crippen molar-refractivity contribution < 1.29 is 0 Å². The Balaban J connectivity index is 2.06. The van der Waals surface area contributed by atoms with Gasteiger partial charge in [0.2, 0.25) is 0 Å². The van der Waals surface area contributed by atoms with Gasteiger partial charge in [-0.3, -0.25) is 0 Å². The lowest BCUT2D eigenvalue weighted by molar-refractivity contribution is 0.301. The van der Waals surface area contributed by atoms with Crippen molar-refractivity contribution in [3.8, 4) is 0 Å². The highest BCUT2D eigenvalue weighted by Crippen LogP contribution is 2.39. The highest BCUT2D eigenvalue weighted by Gasteiger charge is 2.32. The molecule has 1 aromatic heterocycles. The van der Waals surface area contributed by atoms with Gasteiger partial charge in [-0.2, -0.15) is 0 Å². The second-order valence-corrected chi connectivity index (χ2v) is 5.75. The molecule has 1 aliphatic carbocycles. The summed E-state index contributed by atoms with van der Waals surface area (Å²) in [6, 6.07) is 9.09. The van der Waals surface area contributed by atoms with Crippen molar-refractivity contribution in [2.45, 2.75) is 37.5 Å². The van der Waals surface area contributed by atoms with E-state index >= 15 is 0 Å². The van der Waals surface area contributed by atoms with Crippen LogP contribution in [0.4, 0.5) is 0 Å². The van der Waals surface area contributed by atoms with Gasteiger partial charge < -0.3 is 10.3 Å². The van der Waals surface area contributed by atoms with Gasteiger partial charge in [0.05, 0.1) is 0 Å². The highest BCUT2D eigenvalue weighted by molar-refractivity contribution is 5.81. The summed E-state index contributed by atoms with van der Waals surface area (Å²) in [5.41, 5.74) is 9.11. The van der Waals surface area contributed by atoms with Crippen LogP contribution in [-0.4, -0.2) is 11.1 Å². The lowest BCUT2D eigenvalue weighted by Gasteiger charge is -2.37. The Hall–Kier alpha value is -1.28. The van der Waals surface area contributed by atoms with Gasteiger partial charge >= 0.3 is 0 Å². The average Bonchev–Trinajstić information content (AvgIpc) is 2.81. The van der Waals surface area contributed by atoms with Crippen LogP contribution >= 0.6 is 0 Å². The fraction of sp³-hybridized carbons (Fsp3) is 0.500. The first-order valence-corrected chi connectivity index (χ1v) is 7.01. The number of nitrogens with zero attached hydrogens (tertiary/aromatic N) is 1. The molecule has 0 saturated heterocycles. The molecule has 0 bridgehead atoms. The van der Waals surface area contributed by atoms with Crippen LogP contribution < -0.4 is 5.73 Å². The van der Waals surface area contributed by atoms with Crippen LogP contribution in [0.5, 0.6) is 0 Å². The molecule has 0 atom stereocenters. The first-order valence-electron chi connectivity index (χ1n) is 7.01. The van der Waals surface area contributed by atoms with E-state index in [-0.39, 0.29) is 5.41 Å². The Morgan fingerprint density at radius 1 is 1.17 bits per heavy atom. The molecule has 1 fully saturated rings. The lowest BCUT2D eigenvalue weighted by Crippen LogP contribution is -2.37. The molecule has 18 heavy (non-hydrogen) atoms. The number of aryl methyl sites for hydroxylation is 1. The number of rotatable bonds is 2. The lowest BCUT2D eigenvalue weighted by atomic mass is 9.69. The molecule has 0 amide bonds. The second-order valence-electron chi connectivity index (χ2n) is 5.75. The minimum Gasteiger partial charge on any atom is -0.351 e. The Bertz CT molecular complexity index is 547. The molecule has 0 spiro atoms. The van der Waals surface area contributed by atoms with Gasteiger partial charge in [-0.15, -0.1) is 0 Å². The third-order valence-corrected chi connectivity index (χ3v) is 4.70. The van der Waals surface area contributed by atoms with Crippen molar-refractivity contribution in [1.82, 2.24) is 4.57 Å². The maximum absolute atomic E-state index is 6.11.